The molecule has 1 amide bonds. The summed E-state index contributed by atoms with van der Waals surface area (Å²) >= 11 is 0. The fraction of sp³-hybridized carbons (Fsp3) is 0.462. The van der Waals surface area contributed by atoms with E-state index in [-0.39, 0.29) is 0 Å². The monoisotopic (exact) mass is 282 g/mol. The molecule has 0 saturated carbocycles. The maximum absolute atomic E-state index is 12.1. The first kappa shape index (κ1) is 13.9. The van der Waals surface area contributed by atoms with Crippen molar-refractivity contribution in [3.63, 3.8) is 0 Å². The Morgan fingerprint density at radius 2 is 2.11 bits per heavy atom. The van der Waals surface area contributed by atoms with Crippen LogP contribution in [0.3, 0.4) is 0 Å². The van der Waals surface area contributed by atoms with Crippen molar-refractivity contribution in [3.05, 3.63) is 29.3 Å². The maximum Gasteiger partial charge on any atom is 0.265 e. The van der Waals surface area contributed by atoms with Gasteiger partial charge in [0.25, 0.3) is 5.91 Å². The molecule has 1 aromatic rings. The number of carbonyl (C=O) groups is 1. The van der Waals surface area contributed by atoms with E-state index in [1.54, 1.807) is 12.1 Å². The molecule has 0 unspecified atom stereocenters. The topological polar surface area (TPSA) is 75.3 Å². The molecule has 2 N–H and O–H groups in total. The zero-order chi connectivity index (χ0) is 14.0. The van der Waals surface area contributed by atoms with Gasteiger partial charge >= 0.3 is 0 Å². The number of benzene rings is 1. The molecule has 0 atom stereocenters. The first-order valence-corrected chi connectivity index (χ1v) is 7.88. The smallest absolute Gasteiger partial charge is 0.265 e. The van der Waals surface area contributed by atoms with E-state index in [0.29, 0.717) is 5.56 Å². The Balaban J connectivity index is 2.30. The fourth-order valence-corrected chi connectivity index (χ4v) is 2.63. The van der Waals surface area contributed by atoms with Gasteiger partial charge in [0, 0.05) is 17.8 Å². The van der Waals surface area contributed by atoms with E-state index in [4.69, 9.17) is 0 Å². The SMILES string of the molecule is CC(C)S(=O)(=O)NC(=O)c1cccc2c1CCCN2. The summed E-state index contributed by atoms with van der Waals surface area (Å²) in [6.07, 6.45) is 1.72. The van der Waals surface area contributed by atoms with Crippen molar-refractivity contribution in [3.8, 4) is 0 Å². The molecule has 0 fully saturated rings. The first-order valence-electron chi connectivity index (χ1n) is 6.33. The molecule has 6 heteroatoms. The summed E-state index contributed by atoms with van der Waals surface area (Å²) in [5.41, 5.74) is 2.25. The molecule has 0 spiro atoms. The Morgan fingerprint density at radius 3 is 2.79 bits per heavy atom. The van der Waals surface area contributed by atoms with Crippen molar-refractivity contribution >= 4 is 21.6 Å². The van der Waals surface area contributed by atoms with Gasteiger partial charge in [-0.05, 0) is 44.4 Å². The lowest BCUT2D eigenvalue weighted by Gasteiger charge is -2.20. The second-order valence-corrected chi connectivity index (χ2v) is 7.12. The predicted octanol–water partition coefficient (Wildman–Crippen LogP) is 1.51. The van der Waals surface area contributed by atoms with Crippen molar-refractivity contribution in [1.29, 1.82) is 0 Å². The number of hydrogen-bond donors (Lipinski definition) is 2. The number of anilines is 1. The summed E-state index contributed by atoms with van der Waals surface area (Å²) in [6, 6.07) is 5.33. The molecule has 19 heavy (non-hydrogen) atoms. The van der Waals surface area contributed by atoms with Crippen LogP contribution in [0.25, 0.3) is 0 Å². The molecule has 104 valence electrons. The van der Waals surface area contributed by atoms with Crippen LogP contribution in [0, 0.1) is 0 Å². The van der Waals surface area contributed by atoms with Gasteiger partial charge in [-0.25, -0.2) is 13.1 Å². The van der Waals surface area contributed by atoms with E-state index in [0.717, 1.165) is 30.6 Å². The van der Waals surface area contributed by atoms with E-state index < -0.39 is 21.2 Å². The van der Waals surface area contributed by atoms with Crippen molar-refractivity contribution in [1.82, 2.24) is 4.72 Å². The number of sulfonamides is 1. The minimum atomic E-state index is -3.59. The number of hydrogen-bond acceptors (Lipinski definition) is 4. The Kier molecular flexibility index (Phi) is 3.80. The van der Waals surface area contributed by atoms with Crippen LogP contribution in [0.1, 0.15) is 36.2 Å². The van der Waals surface area contributed by atoms with Crippen LogP contribution in [-0.4, -0.2) is 26.1 Å². The predicted molar refractivity (Wildman–Crippen MR) is 74.8 cm³/mol. The molecule has 0 aromatic heterocycles. The van der Waals surface area contributed by atoms with Gasteiger partial charge in [0.1, 0.15) is 0 Å². The van der Waals surface area contributed by atoms with Crippen LogP contribution < -0.4 is 10.0 Å². The van der Waals surface area contributed by atoms with Crippen molar-refractivity contribution in [2.24, 2.45) is 0 Å². The highest BCUT2D eigenvalue weighted by molar-refractivity contribution is 7.90. The van der Waals surface area contributed by atoms with Gasteiger partial charge in [0.05, 0.1) is 5.25 Å². The largest absolute Gasteiger partial charge is 0.385 e. The highest BCUT2D eigenvalue weighted by atomic mass is 32.2. The summed E-state index contributed by atoms with van der Waals surface area (Å²) < 4.78 is 25.6. The second kappa shape index (κ2) is 5.21. The van der Waals surface area contributed by atoms with Gasteiger partial charge in [-0.15, -0.1) is 0 Å². The molecule has 0 bridgehead atoms. The number of fused-ring (bicyclic) bond motifs is 1. The van der Waals surface area contributed by atoms with Gasteiger partial charge in [-0.3, -0.25) is 4.79 Å². The van der Waals surface area contributed by atoms with Crippen molar-refractivity contribution in [2.75, 3.05) is 11.9 Å². The minimum absolute atomic E-state index is 0.439. The highest BCUT2D eigenvalue weighted by Gasteiger charge is 2.23. The fourth-order valence-electron chi connectivity index (χ4n) is 2.02. The Labute approximate surface area is 113 Å². The average molecular weight is 282 g/mol. The molecule has 1 aromatic carbocycles. The molecule has 2 rings (SSSR count). The Bertz CT molecular complexity index is 594. The third-order valence-corrected chi connectivity index (χ3v) is 4.91. The van der Waals surface area contributed by atoms with Crippen LogP contribution in [0.5, 0.6) is 0 Å². The zero-order valence-electron chi connectivity index (χ0n) is 11.1. The third kappa shape index (κ3) is 2.89. The molecule has 0 aliphatic carbocycles. The molecule has 1 aliphatic heterocycles. The maximum atomic E-state index is 12.1. The summed E-state index contributed by atoms with van der Waals surface area (Å²) in [7, 11) is -3.59. The normalized spacial score (nSPS) is 14.7. The van der Waals surface area contributed by atoms with Gasteiger partial charge < -0.3 is 5.32 Å². The van der Waals surface area contributed by atoms with E-state index in [2.05, 4.69) is 10.0 Å². The summed E-state index contributed by atoms with van der Waals surface area (Å²) in [6.45, 7) is 3.96. The zero-order valence-corrected chi connectivity index (χ0v) is 11.9. The third-order valence-electron chi connectivity index (χ3n) is 3.20. The molecule has 0 radical (unpaired) electrons. The average Bonchev–Trinajstić information content (AvgIpc) is 2.37. The van der Waals surface area contributed by atoms with Crippen LogP contribution in [-0.2, 0) is 16.4 Å². The summed E-state index contributed by atoms with van der Waals surface area (Å²) in [4.78, 5) is 12.1. The van der Waals surface area contributed by atoms with Crippen LogP contribution in [0.4, 0.5) is 5.69 Å². The highest BCUT2D eigenvalue weighted by Crippen LogP contribution is 2.25. The lowest BCUT2D eigenvalue weighted by Crippen LogP contribution is -2.36. The van der Waals surface area contributed by atoms with Gasteiger partial charge in [-0.1, -0.05) is 6.07 Å². The lowest BCUT2D eigenvalue weighted by atomic mass is 9.97. The van der Waals surface area contributed by atoms with E-state index in [9.17, 15) is 13.2 Å². The molecular formula is C13H18N2O3S. The lowest BCUT2D eigenvalue weighted by molar-refractivity contribution is 0.0980. The van der Waals surface area contributed by atoms with Gasteiger partial charge in [0.15, 0.2) is 0 Å². The number of carbonyl (C=O) groups excluding carboxylic acids is 1. The van der Waals surface area contributed by atoms with E-state index in [1.165, 1.54) is 13.8 Å². The Morgan fingerprint density at radius 1 is 1.37 bits per heavy atom. The van der Waals surface area contributed by atoms with Crippen molar-refractivity contribution in [2.45, 2.75) is 31.9 Å². The van der Waals surface area contributed by atoms with Crippen LogP contribution in [0.15, 0.2) is 18.2 Å². The summed E-state index contributed by atoms with van der Waals surface area (Å²) in [5, 5.41) is 2.58. The number of amides is 1. The van der Waals surface area contributed by atoms with Gasteiger partial charge in [-0.2, -0.15) is 0 Å². The van der Waals surface area contributed by atoms with E-state index in [1.807, 2.05) is 6.07 Å². The molecule has 1 aliphatic rings. The molecule has 0 saturated heterocycles. The quantitative estimate of drug-likeness (QED) is 0.881. The van der Waals surface area contributed by atoms with Crippen molar-refractivity contribution < 1.29 is 13.2 Å². The number of rotatable bonds is 3. The first-order chi connectivity index (χ1) is 8.92. The Hall–Kier alpha value is -1.56. The molecular weight excluding hydrogens is 264 g/mol. The number of nitrogens with one attached hydrogen (secondary N) is 2. The van der Waals surface area contributed by atoms with Gasteiger partial charge in [0.2, 0.25) is 10.0 Å². The minimum Gasteiger partial charge on any atom is -0.385 e. The van der Waals surface area contributed by atoms with E-state index >= 15 is 0 Å². The van der Waals surface area contributed by atoms with Crippen LogP contribution in [0.2, 0.25) is 0 Å². The van der Waals surface area contributed by atoms with Crippen LogP contribution >= 0.6 is 0 Å². The summed E-state index contributed by atoms with van der Waals surface area (Å²) in [5.74, 6) is -0.547. The second-order valence-electron chi connectivity index (χ2n) is 4.89. The molecule has 5 nitrogen and oxygen atoms in total. The molecule has 1 heterocycles. The standard InChI is InChI=1S/C13H18N2O3S/c1-9(2)19(17,18)15-13(16)11-5-3-7-12-10(11)6-4-8-14-12/h3,5,7,9,14H,4,6,8H2,1-2H3,(H,15,16).